The summed E-state index contributed by atoms with van der Waals surface area (Å²) in [4.78, 5) is 5.00. The molecular formula is C13H30N2. The van der Waals surface area contributed by atoms with Crippen molar-refractivity contribution in [2.75, 3.05) is 39.8 Å². The van der Waals surface area contributed by atoms with E-state index in [-0.39, 0.29) is 0 Å². The van der Waals surface area contributed by atoms with Crippen LogP contribution in [0.2, 0.25) is 0 Å². The average molecular weight is 214 g/mol. The summed E-state index contributed by atoms with van der Waals surface area (Å²) >= 11 is 0. The van der Waals surface area contributed by atoms with Crippen LogP contribution in [0.4, 0.5) is 0 Å². The first-order chi connectivity index (χ1) is 7.24. The smallest absolute Gasteiger partial charge is 0.0109 e. The van der Waals surface area contributed by atoms with Crippen molar-refractivity contribution in [2.24, 2.45) is 0 Å². The lowest BCUT2D eigenvalue weighted by molar-refractivity contribution is 0.226. The predicted molar refractivity (Wildman–Crippen MR) is 69.4 cm³/mol. The van der Waals surface area contributed by atoms with Gasteiger partial charge in [0.25, 0.3) is 0 Å². The van der Waals surface area contributed by atoms with E-state index in [1.165, 1.54) is 51.9 Å². The Morgan fingerprint density at radius 1 is 0.733 bits per heavy atom. The molecule has 0 bridgehead atoms. The highest BCUT2D eigenvalue weighted by Crippen LogP contribution is 1.99. The number of hydrogen-bond acceptors (Lipinski definition) is 2. The summed E-state index contributed by atoms with van der Waals surface area (Å²) < 4.78 is 0. The fraction of sp³-hybridized carbons (Fsp3) is 1.00. The molecule has 0 N–H and O–H groups in total. The monoisotopic (exact) mass is 214 g/mol. The summed E-state index contributed by atoms with van der Waals surface area (Å²) in [7, 11) is 2.20. The lowest BCUT2D eigenvalue weighted by Gasteiger charge is -2.24. The molecule has 0 aliphatic rings. The molecule has 92 valence electrons. The zero-order valence-electron chi connectivity index (χ0n) is 11.3. The highest BCUT2D eigenvalue weighted by molar-refractivity contribution is 4.60. The van der Waals surface area contributed by atoms with Crippen LogP contribution < -0.4 is 0 Å². The molecule has 0 heterocycles. The minimum absolute atomic E-state index is 1.16. The summed E-state index contributed by atoms with van der Waals surface area (Å²) in [6.45, 7) is 12.9. The standard InChI is InChI=1S/C13H30N2/c1-5-8-9-11-15(10-6-2)13-12-14(4)7-3/h5-13H2,1-4H3. The second-order valence-corrected chi connectivity index (χ2v) is 4.44. The Kier molecular flexibility index (Phi) is 10.4. The topological polar surface area (TPSA) is 6.48 Å². The molecule has 0 amide bonds. The van der Waals surface area contributed by atoms with Gasteiger partial charge >= 0.3 is 0 Å². The fourth-order valence-corrected chi connectivity index (χ4v) is 1.71. The van der Waals surface area contributed by atoms with Crippen molar-refractivity contribution >= 4 is 0 Å². The van der Waals surface area contributed by atoms with Crippen LogP contribution in [0.3, 0.4) is 0 Å². The van der Waals surface area contributed by atoms with Crippen LogP contribution in [0.1, 0.15) is 46.5 Å². The fourth-order valence-electron chi connectivity index (χ4n) is 1.71. The number of likely N-dealkylation sites (N-methyl/N-ethyl adjacent to an activating group) is 1. The molecule has 0 atom stereocenters. The lowest BCUT2D eigenvalue weighted by atomic mass is 10.2. The molecule has 0 aliphatic heterocycles. The van der Waals surface area contributed by atoms with Gasteiger partial charge in [0, 0.05) is 13.1 Å². The number of unbranched alkanes of at least 4 members (excludes halogenated alkanes) is 2. The van der Waals surface area contributed by atoms with Crippen molar-refractivity contribution in [3.8, 4) is 0 Å². The summed E-state index contributed by atoms with van der Waals surface area (Å²) in [5.41, 5.74) is 0. The van der Waals surface area contributed by atoms with E-state index in [0.717, 1.165) is 6.54 Å². The van der Waals surface area contributed by atoms with E-state index in [0.29, 0.717) is 0 Å². The van der Waals surface area contributed by atoms with Gasteiger partial charge in [-0.05, 0) is 39.5 Å². The Hall–Kier alpha value is -0.0800. The molecule has 2 nitrogen and oxygen atoms in total. The average Bonchev–Trinajstić information content (AvgIpc) is 2.25. The number of hydrogen-bond donors (Lipinski definition) is 0. The van der Waals surface area contributed by atoms with Gasteiger partial charge in [-0.3, -0.25) is 0 Å². The zero-order chi connectivity index (χ0) is 11.5. The molecule has 0 aromatic rings. The van der Waals surface area contributed by atoms with Gasteiger partial charge in [0.05, 0.1) is 0 Å². The maximum Gasteiger partial charge on any atom is 0.0109 e. The SMILES string of the molecule is CCCCCN(CCC)CCN(C)CC. The van der Waals surface area contributed by atoms with Gasteiger partial charge in [-0.25, -0.2) is 0 Å². The molecule has 0 saturated carbocycles. The van der Waals surface area contributed by atoms with Gasteiger partial charge in [0.15, 0.2) is 0 Å². The maximum absolute atomic E-state index is 2.61. The van der Waals surface area contributed by atoms with Crippen molar-refractivity contribution in [3.63, 3.8) is 0 Å². The van der Waals surface area contributed by atoms with E-state index < -0.39 is 0 Å². The highest BCUT2D eigenvalue weighted by atomic mass is 15.2. The molecule has 0 aromatic heterocycles. The molecule has 0 rings (SSSR count). The molecule has 0 spiro atoms. The third-order valence-corrected chi connectivity index (χ3v) is 2.96. The Balaban J connectivity index is 3.62. The van der Waals surface area contributed by atoms with E-state index in [1.54, 1.807) is 0 Å². The summed E-state index contributed by atoms with van der Waals surface area (Å²) in [5, 5.41) is 0. The second kappa shape index (κ2) is 10.4. The lowest BCUT2D eigenvalue weighted by Crippen LogP contribution is -2.34. The minimum atomic E-state index is 1.16. The van der Waals surface area contributed by atoms with Crippen molar-refractivity contribution in [3.05, 3.63) is 0 Å². The van der Waals surface area contributed by atoms with Crippen LogP contribution in [0.5, 0.6) is 0 Å². The van der Waals surface area contributed by atoms with Crippen LogP contribution in [0.25, 0.3) is 0 Å². The van der Waals surface area contributed by atoms with E-state index in [4.69, 9.17) is 0 Å². The van der Waals surface area contributed by atoms with Crippen LogP contribution in [-0.4, -0.2) is 49.6 Å². The van der Waals surface area contributed by atoms with E-state index >= 15 is 0 Å². The molecule has 0 saturated heterocycles. The normalized spacial score (nSPS) is 11.6. The van der Waals surface area contributed by atoms with Gasteiger partial charge in [0.2, 0.25) is 0 Å². The summed E-state index contributed by atoms with van der Waals surface area (Å²) in [5.74, 6) is 0. The first-order valence-electron chi connectivity index (χ1n) is 6.65. The predicted octanol–water partition coefficient (Wildman–Crippen LogP) is 2.84. The molecular weight excluding hydrogens is 184 g/mol. The van der Waals surface area contributed by atoms with Crippen LogP contribution in [-0.2, 0) is 0 Å². The Morgan fingerprint density at radius 3 is 2.00 bits per heavy atom. The first-order valence-corrected chi connectivity index (χ1v) is 6.65. The van der Waals surface area contributed by atoms with Gasteiger partial charge in [-0.1, -0.05) is 33.6 Å². The molecule has 0 aliphatic carbocycles. The van der Waals surface area contributed by atoms with Crippen molar-refractivity contribution in [1.82, 2.24) is 9.80 Å². The van der Waals surface area contributed by atoms with Gasteiger partial charge < -0.3 is 9.80 Å². The molecule has 0 aromatic carbocycles. The van der Waals surface area contributed by atoms with Crippen LogP contribution in [0.15, 0.2) is 0 Å². The van der Waals surface area contributed by atoms with Crippen molar-refractivity contribution in [2.45, 2.75) is 46.5 Å². The Bertz CT molecular complexity index is 126. The minimum Gasteiger partial charge on any atom is -0.305 e. The maximum atomic E-state index is 2.61. The summed E-state index contributed by atoms with van der Waals surface area (Å²) in [6, 6.07) is 0. The van der Waals surface area contributed by atoms with E-state index in [9.17, 15) is 0 Å². The van der Waals surface area contributed by atoms with Crippen LogP contribution >= 0.6 is 0 Å². The largest absolute Gasteiger partial charge is 0.305 e. The molecule has 0 radical (unpaired) electrons. The van der Waals surface area contributed by atoms with E-state index in [1.807, 2.05) is 0 Å². The molecule has 0 fully saturated rings. The summed E-state index contributed by atoms with van der Waals surface area (Å²) in [6.07, 6.45) is 5.35. The van der Waals surface area contributed by atoms with Crippen molar-refractivity contribution < 1.29 is 0 Å². The van der Waals surface area contributed by atoms with Gasteiger partial charge in [-0.15, -0.1) is 0 Å². The van der Waals surface area contributed by atoms with Crippen molar-refractivity contribution in [1.29, 1.82) is 0 Å². The van der Waals surface area contributed by atoms with Crippen LogP contribution in [0, 0.1) is 0 Å². The third-order valence-electron chi connectivity index (χ3n) is 2.96. The van der Waals surface area contributed by atoms with E-state index in [2.05, 4.69) is 37.6 Å². The Labute approximate surface area is 96.6 Å². The quantitative estimate of drug-likeness (QED) is 0.516. The number of nitrogens with zero attached hydrogens (tertiary/aromatic N) is 2. The van der Waals surface area contributed by atoms with Gasteiger partial charge in [-0.2, -0.15) is 0 Å². The Morgan fingerprint density at radius 2 is 1.47 bits per heavy atom. The second-order valence-electron chi connectivity index (χ2n) is 4.44. The zero-order valence-corrected chi connectivity index (χ0v) is 11.3. The molecule has 15 heavy (non-hydrogen) atoms. The highest BCUT2D eigenvalue weighted by Gasteiger charge is 2.04. The molecule has 0 unspecified atom stereocenters. The molecule has 2 heteroatoms. The number of rotatable bonds is 10. The first kappa shape index (κ1) is 14.9. The third kappa shape index (κ3) is 8.88. The van der Waals surface area contributed by atoms with Gasteiger partial charge in [0.1, 0.15) is 0 Å².